The molecule has 0 heterocycles. The lowest BCUT2D eigenvalue weighted by molar-refractivity contribution is 0.574. The molecule has 0 spiro atoms. The van der Waals surface area contributed by atoms with Gasteiger partial charge in [0.05, 0.1) is 0 Å². The summed E-state index contributed by atoms with van der Waals surface area (Å²) in [6, 6.07) is 0. The van der Waals surface area contributed by atoms with E-state index in [0.717, 1.165) is 0 Å². The third-order valence-corrected chi connectivity index (χ3v) is 3.13. The van der Waals surface area contributed by atoms with Crippen LogP contribution in [-0.4, -0.2) is 0 Å². The summed E-state index contributed by atoms with van der Waals surface area (Å²) in [5.41, 5.74) is 0. The van der Waals surface area contributed by atoms with Crippen LogP contribution in [0, 0.1) is 12.8 Å². The molecule has 0 amide bonds. The van der Waals surface area contributed by atoms with E-state index in [2.05, 4.69) is 12.8 Å². The summed E-state index contributed by atoms with van der Waals surface area (Å²) in [5.74, 6) is 0. The molecule has 0 aromatic carbocycles. The highest BCUT2D eigenvalue weighted by atomic mass is 14.0. The fraction of sp³-hybridized carbons (Fsp3) is 0.857. The predicted octanol–water partition coefficient (Wildman–Crippen LogP) is 5.09. The van der Waals surface area contributed by atoms with Gasteiger partial charge in [-0.3, -0.25) is 0 Å². The molecule has 0 aliphatic heterocycles. The lowest BCUT2D eigenvalue weighted by atomic mass is 10.0. The molecule has 1 saturated carbocycles. The molecule has 0 N–H and O–H groups in total. The molecule has 82 valence electrons. The summed E-state index contributed by atoms with van der Waals surface area (Å²) in [7, 11) is 0. The van der Waals surface area contributed by atoms with Crippen LogP contribution in [0.25, 0.3) is 0 Å². The summed E-state index contributed by atoms with van der Waals surface area (Å²) in [6.07, 6.45) is 22.0. The van der Waals surface area contributed by atoms with Gasteiger partial charge in [-0.05, 0) is 12.8 Å². The lowest BCUT2D eigenvalue weighted by Gasteiger charge is -2.05. The Morgan fingerprint density at radius 1 is 0.357 bits per heavy atom. The maximum absolute atomic E-state index is 2.51. The standard InChI is InChI=1S/C14H26/c1-2-4-6-8-10-12-14-13-11-9-7-5-3-1/h1,12H,2-11,13-14H2. The van der Waals surface area contributed by atoms with E-state index in [9.17, 15) is 0 Å². The summed E-state index contributed by atoms with van der Waals surface area (Å²) < 4.78 is 0. The Labute approximate surface area is 90.5 Å². The fourth-order valence-corrected chi connectivity index (χ4v) is 2.15. The van der Waals surface area contributed by atoms with E-state index in [4.69, 9.17) is 0 Å². The highest BCUT2D eigenvalue weighted by Crippen LogP contribution is 2.15. The molecule has 1 fully saturated rings. The Balaban J connectivity index is 2.00. The van der Waals surface area contributed by atoms with Crippen LogP contribution in [0.15, 0.2) is 0 Å². The van der Waals surface area contributed by atoms with Crippen molar-refractivity contribution >= 4 is 0 Å². The SMILES string of the molecule is [CH]1CCCCC[CH]CCCCCCC1. The Hall–Kier alpha value is 0. The largest absolute Gasteiger partial charge is 0.0533 e. The van der Waals surface area contributed by atoms with Crippen LogP contribution in [0.3, 0.4) is 0 Å². The second kappa shape index (κ2) is 9.55. The molecule has 1 aliphatic carbocycles. The molecule has 0 aromatic heterocycles. The third kappa shape index (κ3) is 7.41. The topological polar surface area (TPSA) is 0 Å². The zero-order valence-corrected chi connectivity index (χ0v) is 9.64. The van der Waals surface area contributed by atoms with Crippen molar-refractivity contribution in [3.8, 4) is 0 Å². The van der Waals surface area contributed by atoms with Crippen LogP contribution in [0.2, 0.25) is 0 Å². The maximum atomic E-state index is 2.51. The molecular weight excluding hydrogens is 168 g/mol. The van der Waals surface area contributed by atoms with E-state index in [0.29, 0.717) is 0 Å². The Morgan fingerprint density at radius 2 is 0.643 bits per heavy atom. The predicted molar refractivity (Wildman–Crippen MR) is 64.0 cm³/mol. The fourth-order valence-electron chi connectivity index (χ4n) is 2.15. The molecule has 0 unspecified atom stereocenters. The van der Waals surface area contributed by atoms with E-state index >= 15 is 0 Å². The first kappa shape index (κ1) is 12.1. The average Bonchev–Trinajstić information content (AvgIpc) is 2.22. The third-order valence-electron chi connectivity index (χ3n) is 3.13. The molecule has 0 bridgehead atoms. The van der Waals surface area contributed by atoms with Gasteiger partial charge in [0.25, 0.3) is 0 Å². The van der Waals surface area contributed by atoms with Gasteiger partial charge in [0.2, 0.25) is 0 Å². The van der Waals surface area contributed by atoms with Crippen molar-refractivity contribution in [3.63, 3.8) is 0 Å². The highest BCUT2D eigenvalue weighted by molar-refractivity contribution is 4.68. The van der Waals surface area contributed by atoms with Gasteiger partial charge in [0, 0.05) is 0 Å². The van der Waals surface area contributed by atoms with Crippen molar-refractivity contribution in [2.75, 3.05) is 0 Å². The number of hydrogen-bond acceptors (Lipinski definition) is 0. The molecule has 0 heteroatoms. The monoisotopic (exact) mass is 194 g/mol. The van der Waals surface area contributed by atoms with Gasteiger partial charge in [0.15, 0.2) is 0 Å². The molecule has 0 aromatic rings. The van der Waals surface area contributed by atoms with Gasteiger partial charge in [-0.25, -0.2) is 0 Å². The zero-order chi connectivity index (χ0) is 9.90. The molecule has 14 heavy (non-hydrogen) atoms. The Bertz CT molecular complexity index is 53.3. The molecule has 0 saturated heterocycles. The molecule has 0 nitrogen and oxygen atoms in total. The van der Waals surface area contributed by atoms with Gasteiger partial charge < -0.3 is 0 Å². The second-order valence-electron chi connectivity index (χ2n) is 4.56. The van der Waals surface area contributed by atoms with Crippen LogP contribution in [-0.2, 0) is 0 Å². The smallest absolute Gasteiger partial charge is 0.0386 e. The molecule has 1 aliphatic rings. The summed E-state index contributed by atoms with van der Waals surface area (Å²) in [6.45, 7) is 0. The van der Waals surface area contributed by atoms with Crippen LogP contribution in [0.1, 0.15) is 77.0 Å². The van der Waals surface area contributed by atoms with Crippen molar-refractivity contribution in [2.24, 2.45) is 0 Å². The number of hydrogen-bond donors (Lipinski definition) is 0. The van der Waals surface area contributed by atoms with Crippen molar-refractivity contribution in [2.45, 2.75) is 77.0 Å². The Morgan fingerprint density at radius 3 is 1.07 bits per heavy atom. The van der Waals surface area contributed by atoms with E-state index < -0.39 is 0 Å². The molecule has 0 atom stereocenters. The summed E-state index contributed by atoms with van der Waals surface area (Å²) >= 11 is 0. The van der Waals surface area contributed by atoms with E-state index in [1.807, 2.05) is 0 Å². The minimum atomic E-state index is 1.36. The number of rotatable bonds is 0. The maximum Gasteiger partial charge on any atom is -0.0386 e. The quantitative estimate of drug-likeness (QED) is 0.504. The van der Waals surface area contributed by atoms with Gasteiger partial charge in [-0.15, -0.1) is 0 Å². The molecule has 1 rings (SSSR count). The summed E-state index contributed by atoms with van der Waals surface area (Å²) in [4.78, 5) is 0. The normalized spacial score (nSPS) is 24.0. The average molecular weight is 194 g/mol. The van der Waals surface area contributed by atoms with Crippen molar-refractivity contribution in [3.05, 3.63) is 12.8 Å². The van der Waals surface area contributed by atoms with Crippen molar-refractivity contribution in [1.82, 2.24) is 0 Å². The van der Waals surface area contributed by atoms with Crippen molar-refractivity contribution in [1.29, 1.82) is 0 Å². The Kier molecular flexibility index (Phi) is 8.24. The lowest BCUT2D eigenvalue weighted by Crippen LogP contribution is -1.86. The first-order valence-corrected chi connectivity index (χ1v) is 6.63. The minimum Gasteiger partial charge on any atom is -0.0533 e. The second-order valence-corrected chi connectivity index (χ2v) is 4.56. The van der Waals surface area contributed by atoms with Gasteiger partial charge in [-0.1, -0.05) is 77.0 Å². The molecular formula is C14H26. The highest BCUT2D eigenvalue weighted by Gasteiger charge is 1.96. The van der Waals surface area contributed by atoms with Gasteiger partial charge >= 0.3 is 0 Å². The first-order valence-electron chi connectivity index (χ1n) is 6.63. The van der Waals surface area contributed by atoms with Crippen LogP contribution in [0.5, 0.6) is 0 Å². The first-order chi connectivity index (χ1) is 7.00. The van der Waals surface area contributed by atoms with Crippen LogP contribution in [0.4, 0.5) is 0 Å². The van der Waals surface area contributed by atoms with Gasteiger partial charge in [0.1, 0.15) is 0 Å². The van der Waals surface area contributed by atoms with E-state index in [1.165, 1.54) is 77.0 Å². The van der Waals surface area contributed by atoms with E-state index in [-0.39, 0.29) is 0 Å². The molecule has 2 radical (unpaired) electrons. The minimum absolute atomic E-state index is 1.36. The summed E-state index contributed by atoms with van der Waals surface area (Å²) in [5, 5.41) is 0. The van der Waals surface area contributed by atoms with Crippen molar-refractivity contribution < 1.29 is 0 Å². The zero-order valence-electron chi connectivity index (χ0n) is 9.64. The van der Waals surface area contributed by atoms with E-state index in [1.54, 1.807) is 0 Å². The van der Waals surface area contributed by atoms with Gasteiger partial charge in [-0.2, -0.15) is 0 Å². The van der Waals surface area contributed by atoms with Crippen LogP contribution < -0.4 is 0 Å². The van der Waals surface area contributed by atoms with Crippen LogP contribution >= 0.6 is 0 Å².